The Morgan fingerprint density at radius 3 is 2.48 bits per heavy atom. The summed E-state index contributed by atoms with van der Waals surface area (Å²) in [7, 11) is 0. The van der Waals surface area contributed by atoms with E-state index in [1.165, 1.54) is 5.56 Å². The molecule has 1 aliphatic heterocycles. The van der Waals surface area contributed by atoms with Gasteiger partial charge in [-0.25, -0.2) is 4.79 Å². The maximum Gasteiger partial charge on any atom is 0.321 e. The fraction of sp³-hybridized carbons (Fsp3) is 0.500. The second kappa shape index (κ2) is 6.16. The Balaban J connectivity index is 2.01. The third kappa shape index (κ3) is 3.74. The molecule has 1 aromatic carbocycles. The predicted octanol–water partition coefficient (Wildman–Crippen LogP) is 2.94. The fourth-order valence-electron chi connectivity index (χ4n) is 2.99. The fourth-order valence-corrected chi connectivity index (χ4v) is 2.99. The molecule has 1 heterocycles. The summed E-state index contributed by atoms with van der Waals surface area (Å²) >= 11 is 0. The molecule has 0 saturated carbocycles. The van der Waals surface area contributed by atoms with E-state index in [0.29, 0.717) is 13.1 Å². The molecule has 114 valence electrons. The first-order valence-corrected chi connectivity index (χ1v) is 7.22. The van der Waals surface area contributed by atoms with E-state index in [2.05, 4.69) is 5.32 Å². The van der Waals surface area contributed by atoms with Crippen LogP contribution in [0.1, 0.15) is 29.5 Å². The van der Waals surface area contributed by atoms with Crippen molar-refractivity contribution in [3.63, 3.8) is 0 Å². The predicted molar refractivity (Wildman–Crippen MR) is 81.6 cm³/mol. The van der Waals surface area contributed by atoms with Crippen molar-refractivity contribution in [2.75, 3.05) is 18.4 Å². The number of carbonyl (C=O) groups is 2. The van der Waals surface area contributed by atoms with E-state index in [9.17, 15) is 9.59 Å². The summed E-state index contributed by atoms with van der Waals surface area (Å²) in [4.78, 5) is 24.7. The van der Waals surface area contributed by atoms with E-state index in [1.807, 2.05) is 32.9 Å². The second-order valence-corrected chi connectivity index (χ2v) is 5.90. The lowest BCUT2D eigenvalue weighted by molar-refractivity contribution is -0.138. The number of carboxylic acid groups (broad SMARTS) is 1. The average molecular weight is 290 g/mol. The van der Waals surface area contributed by atoms with Crippen LogP contribution in [0.15, 0.2) is 12.1 Å². The van der Waals surface area contributed by atoms with Crippen molar-refractivity contribution in [2.45, 2.75) is 33.6 Å². The van der Waals surface area contributed by atoms with Crippen molar-refractivity contribution in [1.29, 1.82) is 0 Å². The standard InChI is InChI=1S/C16H22N2O3/c1-10-6-11(2)15(12(3)7-10)17-16(21)18-5-4-13(9-18)8-14(19)20/h6-7,13H,4-5,8-9H2,1-3H3,(H,17,21)(H,19,20). The number of amides is 2. The summed E-state index contributed by atoms with van der Waals surface area (Å²) in [6.07, 6.45) is 0.887. The third-order valence-corrected chi connectivity index (χ3v) is 3.95. The molecule has 0 aliphatic carbocycles. The van der Waals surface area contributed by atoms with Gasteiger partial charge in [-0.15, -0.1) is 0 Å². The Morgan fingerprint density at radius 1 is 1.29 bits per heavy atom. The van der Waals surface area contributed by atoms with Crippen LogP contribution in [0.5, 0.6) is 0 Å². The molecule has 21 heavy (non-hydrogen) atoms. The first-order chi connectivity index (χ1) is 9.86. The Hall–Kier alpha value is -2.04. The SMILES string of the molecule is Cc1cc(C)c(NC(=O)N2CCC(CC(=O)O)C2)c(C)c1. The summed E-state index contributed by atoms with van der Waals surface area (Å²) in [5.74, 6) is -0.735. The van der Waals surface area contributed by atoms with Crippen LogP contribution >= 0.6 is 0 Å². The van der Waals surface area contributed by atoms with Gasteiger partial charge >= 0.3 is 12.0 Å². The van der Waals surface area contributed by atoms with E-state index in [-0.39, 0.29) is 18.4 Å². The van der Waals surface area contributed by atoms with Crippen molar-refractivity contribution in [2.24, 2.45) is 5.92 Å². The molecule has 1 saturated heterocycles. The third-order valence-electron chi connectivity index (χ3n) is 3.95. The van der Waals surface area contributed by atoms with Crippen LogP contribution < -0.4 is 5.32 Å². The smallest absolute Gasteiger partial charge is 0.321 e. The molecular weight excluding hydrogens is 268 g/mol. The largest absolute Gasteiger partial charge is 0.481 e. The Morgan fingerprint density at radius 2 is 1.90 bits per heavy atom. The summed E-state index contributed by atoms with van der Waals surface area (Å²) in [5.41, 5.74) is 4.11. The molecule has 2 amide bonds. The summed E-state index contributed by atoms with van der Waals surface area (Å²) < 4.78 is 0. The number of anilines is 1. The zero-order valence-electron chi connectivity index (χ0n) is 12.8. The lowest BCUT2D eigenvalue weighted by Gasteiger charge is -2.19. The molecular formula is C16H22N2O3. The van der Waals surface area contributed by atoms with E-state index in [4.69, 9.17) is 5.11 Å². The lowest BCUT2D eigenvalue weighted by Crippen LogP contribution is -2.33. The van der Waals surface area contributed by atoms with Gasteiger partial charge in [0.25, 0.3) is 0 Å². The number of likely N-dealkylation sites (tertiary alicyclic amines) is 1. The molecule has 2 N–H and O–H groups in total. The molecule has 1 atom stereocenters. The zero-order valence-corrected chi connectivity index (χ0v) is 12.8. The van der Waals surface area contributed by atoms with E-state index < -0.39 is 5.97 Å². The molecule has 1 fully saturated rings. The van der Waals surface area contributed by atoms with Crippen molar-refractivity contribution in [1.82, 2.24) is 4.90 Å². The maximum absolute atomic E-state index is 12.3. The number of hydrogen-bond donors (Lipinski definition) is 2. The number of carboxylic acids is 1. The van der Waals surface area contributed by atoms with Gasteiger partial charge in [0.1, 0.15) is 0 Å². The molecule has 0 spiro atoms. The van der Waals surface area contributed by atoms with Gasteiger partial charge in [-0.3, -0.25) is 4.79 Å². The quantitative estimate of drug-likeness (QED) is 0.899. The Kier molecular flexibility index (Phi) is 4.50. The monoisotopic (exact) mass is 290 g/mol. The highest BCUT2D eigenvalue weighted by atomic mass is 16.4. The minimum Gasteiger partial charge on any atom is -0.481 e. The molecule has 0 bridgehead atoms. The van der Waals surface area contributed by atoms with Crippen molar-refractivity contribution in [3.05, 3.63) is 28.8 Å². The van der Waals surface area contributed by atoms with Gasteiger partial charge in [-0.1, -0.05) is 17.7 Å². The zero-order chi connectivity index (χ0) is 15.6. The minimum atomic E-state index is -0.799. The molecule has 5 nitrogen and oxygen atoms in total. The maximum atomic E-state index is 12.3. The van der Waals surface area contributed by atoms with Gasteiger partial charge < -0.3 is 15.3 Å². The van der Waals surface area contributed by atoms with Crippen LogP contribution in [0.25, 0.3) is 0 Å². The number of aryl methyl sites for hydroxylation is 3. The molecule has 5 heteroatoms. The first kappa shape index (κ1) is 15.4. The highest BCUT2D eigenvalue weighted by Crippen LogP contribution is 2.24. The summed E-state index contributed by atoms with van der Waals surface area (Å²) in [5, 5.41) is 11.8. The summed E-state index contributed by atoms with van der Waals surface area (Å²) in [6.45, 7) is 7.12. The van der Waals surface area contributed by atoms with Crippen molar-refractivity contribution < 1.29 is 14.7 Å². The Labute approximate surface area is 125 Å². The lowest BCUT2D eigenvalue weighted by atomic mass is 10.1. The molecule has 0 radical (unpaired) electrons. The van der Waals surface area contributed by atoms with Crippen molar-refractivity contribution in [3.8, 4) is 0 Å². The number of rotatable bonds is 3. The van der Waals surface area contributed by atoms with Crippen LogP contribution in [0, 0.1) is 26.7 Å². The number of nitrogens with one attached hydrogen (secondary N) is 1. The highest BCUT2D eigenvalue weighted by molar-refractivity contribution is 5.91. The van der Waals surface area contributed by atoms with Crippen LogP contribution in [-0.2, 0) is 4.79 Å². The topological polar surface area (TPSA) is 69.6 Å². The van der Waals surface area contributed by atoms with E-state index >= 15 is 0 Å². The first-order valence-electron chi connectivity index (χ1n) is 7.22. The number of carbonyl (C=O) groups excluding carboxylic acids is 1. The molecule has 1 unspecified atom stereocenters. The molecule has 1 aliphatic rings. The van der Waals surface area contributed by atoms with E-state index in [1.54, 1.807) is 4.90 Å². The van der Waals surface area contributed by atoms with E-state index in [0.717, 1.165) is 23.2 Å². The molecule has 1 aromatic rings. The van der Waals surface area contributed by atoms with Crippen LogP contribution in [0.4, 0.5) is 10.5 Å². The van der Waals surface area contributed by atoms with Gasteiger partial charge in [-0.05, 0) is 44.2 Å². The van der Waals surface area contributed by atoms with Crippen LogP contribution in [-0.4, -0.2) is 35.1 Å². The average Bonchev–Trinajstić information content (AvgIpc) is 2.81. The highest BCUT2D eigenvalue weighted by Gasteiger charge is 2.28. The van der Waals surface area contributed by atoms with Gasteiger partial charge in [0.2, 0.25) is 0 Å². The number of benzene rings is 1. The number of urea groups is 1. The van der Waals surface area contributed by atoms with Crippen LogP contribution in [0.3, 0.4) is 0 Å². The normalized spacial score (nSPS) is 17.9. The Bertz CT molecular complexity index is 546. The molecule has 2 rings (SSSR count). The van der Waals surface area contributed by atoms with Crippen molar-refractivity contribution >= 4 is 17.7 Å². The van der Waals surface area contributed by atoms with Crippen LogP contribution in [0.2, 0.25) is 0 Å². The number of aliphatic carboxylic acids is 1. The van der Waals surface area contributed by atoms with Gasteiger partial charge in [0.05, 0.1) is 0 Å². The van der Waals surface area contributed by atoms with Gasteiger partial charge in [0.15, 0.2) is 0 Å². The van der Waals surface area contributed by atoms with Gasteiger partial charge in [0, 0.05) is 25.2 Å². The van der Waals surface area contributed by atoms with Gasteiger partial charge in [-0.2, -0.15) is 0 Å². The number of nitrogens with zero attached hydrogens (tertiary/aromatic N) is 1. The summed E-state index contributed by atoms with van der Waals surface area (Å²) in [6, 6.07) is 3.94. The minimum absolute atomic E-state index is 0.0634. The molecule has 0 aromatic heterocycles. The second-order valence-electron chi connectivity index (χ2n) is 5.90. The number of hydrogen-bond acceptors (Lipinski definition) is 2.